The zero-order chi connectivity index (χ0) is 14.4. The maximum absolute atomic E-state index is 11.8. The van der Waals surface area contributed by atoms with Crippen LogP contribution in [0.2, 0.25) is 5.02 Å². The van der Waals surface area contributed by atoms with Crippen molar-refractivity contribution in [2.75, 3.05) is 0 Å². The number of rotatable bonds is 5. The van der Waals surface area contributed by atoms with Gasteiger partial charge in [0.05, 0.1) is 6.21 Å². The predicted molar refractivity (Wildman–Crippen MR) is 81.6 cm³/mol. The van der Waals surface area contributed by atoms with Crippen LogP contribution in [0.5, 0.6) is 5.75 Å². The molecule has 1 heterocycles. The van der Waals surface area contributed by atoms with Gasteiger partial charge in [-0.1, -0.05) is 11.6 Å². The highest BCUT2D eigenvalue weighted by Crippen LogP contribution is 2.16. The molecule has 0 bridgehead atoms. The van der Waals surface area contributed by atoms with E-state index in [1.165, 1.54) is 0 Å². The van der Waals surface area contributed by atoms with Crippen LogP contribution in [0.1, 0.15) is 12.5 Å². The molecule has 0 saturated carbocycles. The van der Waals surface area contributed by atoms with Crippen LogP contribution in [-0.2, 0) is 4.79 Å². The van der Waals surface area contributed by atoms with Gasteiger partial charge >= 0.3 is 0 Å². The normalized spacial score (nSPS) is 12.3. The molecule has 2 rings (SSSR count). The molecule has 0 aliphatic carbocycles. The molecule has 0 saturated heterocycles. The van der Waals surface area contributed by atoms with Crippen molar-refractivity contribution in [3.05, 3.63) is 51.7 Å². The largest absolute Gasteiger partial charge is 0.481 e. The second-order valence-corrected chi connectivity index (χ2v) is 5.22. The molecule has 20 heavy (non-hydrogen) atoms. The van der Waals surface area contributed by atoms with E-state index in [1.54, 1.807) is 48.7 Å². The average molecular weight is 309 g/mol. The molecular formula is C14H13ClN2O2S. The maximum atomic E-state index is 11.8. The van der Waals surface area contributed by atoms with E-state index in [-0.39, 0.29) is 5.91 Å². The zero-order valence-corrected chi connectivity index (χ0v) is 12.3. The lowest BCUT2D eigenvalue weighted by atomic mass is 10.3. The van der Waals surface area contributed by atoms with E-state index in [9.17, 15) is 4.79 Å². The monoisotopic (exact) mass is 308 g/mol. The van der Waals surface area contributed by atoms with Crippen LogP contribution in [-0.4, -0.2) is 18.2 Å². The molecule has 4 nitrogen and oxygen atoms in total. The Balaban J connectivity index is 1.84. The van der Waals surface area contributed by atoms with E-state index >= 15 is 0 Å². The van der Waals surface area contributed by atoms with Crippen molar-refractivity contribution in [3.8, 4) is 5.75 Å². The van der Waals surface area contributed by atoms with E-state index in [2.05, 4.69) is 10.5 Å². The summed E-state index contributed by atoms with van der Waals surface area (Å²) in [4.78, 5) is 11.8. The van der Waals surface area contributed by atoms with Gasteiger partial charge in [0, 0.05) is 10.6 Å². The van der Waals surface area contributed by atoms with Crippen molar-refractivity contribution in [2.45, 2.75) is 13.0 Å². The summed E-state index contributed by atoms with van der Waals surface area (Å²) in [5.74, 6) is 0.269. The summed E-state index contributed by atoms with van der Waals surface area (Å²) >= 11 is 7.34. The van der Waals surface area contributed by atoms with Crippen LogP contribution in [0.25, 0.3) is 0 Å². The number of nitrogens with zero attached hydrogens (tertiary/aromatic N) is 1. The number of nitrogens with one attached hydrogen (secondary N) is 1. The Labute approximate surface area is 126 Å². The van der Waals surface area contributed by atoms with Crippen LogP contribution in [0.3, 0.4) is 0 Å². The molecule has 0 radical (unpaired) electrons. The number of benzene rings is 1. The standard InChI is InChI=1S/C14H13ClN2O2S/c1-10(19-13-4-2-12(15)3-5-13)14(18)17-16-8-11-6-7-20-9-11/h2-10H,1H3,(H,17,18)/b16-8-/t10-/m0/s1. The highest BCUT2D eigenvalue weighted by molar-refractivity contribution is 7.08. The lowest BCUT2D eigenvalue weighted by Crippen LogP contribution is -2.33. The average Bonchev–Trinajstić information content (AvgIpc) is 2.94. The number of amides is 1. The first-order valence-corrected chi connectivity index (χ1v) is 7.24. The minimum absolute atomic E-state index is 0.313. The molecule has 0 fully saturated rings. The number of hydrogen-bond donors (Lipinski definition) is 1. The van der Waals surface area contributed by atoms with E-state index in [0.29, 0.717) is 10.8 Å². The summed E-state index contributed by atoms with van der Waals surface area (Å²) < 4.78 is 5.48. The minimum atomic E-state index is -0.643. The molecule has 104 valence electrons. The predicted octanol–water partition coefficient (Wildman–Crippen LogP) is 3.32. The molecule has 6 heteroatoms. The molecule has 0 unspecified atom stereocenters. The quantitative estimate of drug-likeness (QED) is 0.680. The van der Waals surface area contributed by atoms with Gasteiger partial charge in [-0.2, -0.15) is 16.4 Å². The van der Waals surface area contributed by atoms with Crippen molar-refractivity contribution >= 4 is 35.1 Å². The van der Waals surface area contributed by atoms with E-state index in [0.717, 1.165) is 5.56 Å². The molecule has 1 atom stereocenters. The van der Waals surface area contributed by atoms with Crippen LogP contribution in [0, 0.1) is 0 Å². The molecule has 1 aromatic carbocycles. The van der Waals surface area contributed by atoms with Crippen LogP contribution in [0.15, 0.2) is 46.2 Å². The Morgan fingerprint density at radius 1 is 1.40 bits per heavy atom. The van der Waals surface area contributed by atoms with Gasteiger partial charge in [-0.25, -0.2) is 5.43 Å². The van der Waals surface area contributed by atoms with E-state index in [4.69, 9.17) is 16.3 Å². The lowest BCUT2D eigenvalue weighted by molar-refractivity contribution is -0.127. The van der Waals surface area contributed by atoms with Crippen molar-refractivity contribution < 1.29 is 9.53 Å². The van der Waals surface area contributed by atoms with Crippen molar-refractivity contribution in [1.82, 2.24) is 5.43 Å². The number of hydrazone groups is 1. The second-order valence-electron chi connectivity index (χ2n) is 4.00. The molecule has 1 N–H and O–H groups in total. The number of carbonyl (C=O) groups excluding carboxylic acids is 1. The maximum Gasteiger partial charge on any atom is 0.280 e. The van der Waals surface area contributed by atoms with Crippen LogP contribution < -0.4 is 10.2 Å². The summed E-state index contributed by atoms with van der Waals surface area (Å²) in [7, 11) is 0. The third-order valence-corrected chi connectivity index (χ3v) is 3.38. The van der Waals surface area contributed by atoms with Gasteiger partial charge in [0.15, 0.2) is 6.10 Å². The van der Waals surface area contributed by atoms with Crippen molar-refractivity contribution in [3.63, 3.8) is 0 Å². The number of hydrogen-bond acceptors (Lipinski definition) is 4. The van der Waals surface area contributed by atoms with Crippen LogP contribution >= 0.6 is 22.9 Å². The topological polar surface area (TPSA) is 50.7 Å². The smallest absolute Gasteiger partial charge is 0.280 e. The van der Waals surface area contributed by atoms with Gasteiger partial charge in [0.1, 0.15) is 5.75 Å². The van der Waals surface area contributed by atoms with Gasteiger partial charge in [-0.3, -0.25) is 4.79 Å². The molecule has 1 amide bonds. The van der Waals surface area contributed by atoms with E-state index < -0.39 is 6.10 Å². The molecule has 0 aliphatic heterocycles. The van der Waals surface area contributed by atoms with Crippen LogP contribution in [0.4, 0.5) is 0 Å². The number of thiophene rings is 1. The number of ether oxygens (including phenoxy) is 1. The third-order valence-electron chi connectivity index (χ3n) is 2.43. The van der Waals surface area contributed by atoms with Gasteiger partial charge < -0.3 is 4.74 Å². The van der Waals surface area contributed by atoms with Gasteiger partial charge in [0.25, 0.3) is 5.91 Å². The molecule has 2 aromatic rings. The van der Waals surface area contributed by atoms with Crippen molar-refractivity contribution in [2.24, 2.45) is 5.10 Å². The first-order valence-electron chi connectivity index (χ1n) is 5.92. The summed E-state index contributed by atoms with van der Waals surface area (Å²) in [6.07, 6.45) is 0.944. The highest BCUT2D eigenvalue weighted by Gasteiger charge is 2.13. The van der Waals surface area contributed by atoms with Crippen molar-refractivity contribution in [1.29, 1.82) is 0 Å². The highest BCUT2D eigenvalue weighted by atomic mass is 35.5. The Morgan fingerprint density at radius 3 is 2.80 bits per heavy atom. The zero-order valence-electron chi connectivity index (χ0n) is 10.7. The fourth-order valence-electron chi connectivity index (χ4n) is 1.38. The summed E-state index contributed by atoms with van der Waals surface area (Å²) in [5, 5.41) is 8.37. The Kier molecular flexibility index (Phi) is 5.15. The summed E-state index contributed by atoms with van der Waals surface area (Å²) in [6, 6.07) is 8.74. The Bertz CT molecular complexity index is 582. The first-order chi connectivity index (χ1) is 9.65. The minimum Gasteiger partial charge on any atom is -0.481 e. The molecular weight excluding hydrogens is 296 g/mol. The fourth-order valence-corrected chi connectivity index (χ4v) is 2.12. The lowest BCUT2D eigenvalue weighted by Gasteiger charge is -2.12. The third kappa shape index (κ3) is 4.36. The Morgan fingerprint density at radius 2 is 2.15 bits per heavy atom. The summed E-state index contributed by atoms with van der Waals surface area (Å²) in [6.45, 7) is 1.66. The number of carbonyl (C=O) groups is 1. The fraction of sp³-hybridized carbons (Fsp3) is 0.143. The SMILES string of the molecule is C[C@H](Oc1ccc(Cl)cc1)C(=O)N/N=C\c1ccsc1. The first kappa shape index (κ1) is 14.6. The molecule has 0 spiro atoms. The van der Waals surface area contributed by atoms with E-state index in [1.807, 2.05) is 16.8 Å². The van der Waals surface area contributed by atoms with Gasteiger partial charge in [0.2, 0.25) is 0 Å². The summed E-state index contributed by atoms with van der Waals surface area (Å²) in [5.41, 5.74) is 3.38. The molecule has 0 aliphatic rings. The molecule has 1 aromatic heterocycles. The second kappa shape index (κ2) is 7.07. The van der Waals surface area contributed by atoms with Gasteiger partial charge in [-0.05, 0) is 48.0 Å². The Hall–Kier alpha value is -1.85. The number of halogens is 1. The van der Waals surface area contributed by atoms with Gasteiger partial charge in [-0.15, -0.1) is 0 Å².